The summed E-state index contributed by atoms with van der Waals surface area (Å²) < 4.78 is 0. The molecule has 1 fully saturated rings. The summed E-state index contributed by atoms with van der Waals surface area (Å²) in [5.41, 5.74) is 0. The van der Waals surface area contributed by atoms with E-state index in [1.807, 2.05) is 6.26 Å². The molecular formula is C10H18O2S. The topological polar surface area (TPSA) is 37.3 Å². The Morgan fingerprint density at radius 2 is 1.85 bits per heavy atom. The first-order valence-corrected chi connectivity index (χ1v) is 6.30. The van der Waals surface area contributed by atoms with Gasteiger partial charge >= 0.3 is 5.97 Å². The molecule has 0 aromatic rings. The van der Waals surface area contributed by atoms with E-state index in [-0.39, 0.29) is 5.25 Å². The molecule has 1 aliphatic rings. The van der Waals surface area contributed by atoms with E-state index in [4.69, 9.17) is 5.11 Å². The van der Waals surface area contributed by atoms with Crippen LogP contribution in [0.5, 0.6) is 0 Å². The van der Waals surface area contributed by atoms with E-state index in [0.717, 1.165) is 12.8 Å². The average Bonchev–Trinajstić information content (AvgIpc) is 2.33. The highest BCUT2D eigenvalue weighted by molar-refractivity contribution is 7.99. The summed E-state index contributed by atoms with van der Waals surface area (Å²) in [6.07, 6.45) is 9.14. The summed E-state index contributed by atoms with van der Waals surface area (Å²) in [6.45, 7) is 0. The highest BCUT2D eigenvalue weighted by atomic mass is 32.2. The van der Waals surface area contributed by atoms with Gasteiger partial charge in [0, 0.05) is 0 Å². The fourth-order valence-electron chi connectivity index (χ4n) is 2.11. The van der Waals surface area contributed by atoms with Crippen LogP contribution in [-0.4, -0.2) is 22.6 Å². The Balaban J connectivity index is 2.50. The van der Waals surface area contributed by atoms with E-state index in [0.29, 0.717) is 5.92 Å². The Morgan fingerprint density at radius 1 is 1.31 bits per heavy atom. The van der Waals surface area contributed by atoms with Crippen molar-refractivity contribution in [2.45, 2.75) is 43.8 Å². The SMILES string of the molecule is CSC(C(=O)O)C1CCCCCC1. The summed E-state index contributed by atoms with van der Waals surface area (Å²) >= 11 is 1.49. The number of carbonyl (C=O) groups is 1. The molecule has 0 aromatic carbocycles. The zero-order chi connectivity index (χ0) is 9.68. The molecule has 0 heterocycles. The standard InChI is InChI=1S/C10H18O2S/c1-13-9(10(11)12)8-6-4-2-3-5-7-8/h8-9H,2-7H2,1H3,(H,11,12). The first-order valence-electron chi connectivity index (χ1n) is 5.01. The third-order valence-electron chi connectivity index (χ3n) is 2.83. The quantitative estimate of drug-likeness (QED) is 0.715. The Kier molecular flexibility index (Phi) is 4.64. The van der Waals surface area contributed by atoms with Gasteiger partial charge < -0.3 is 5.11 Å². The molecule has 3 heteroatoms. The third-order valence-corrected chi connectivity index (χ3v) is 3.92. The predicted octanol–water partition coefficient (Wildman–Crippen LogP) is 2.77. The molecule has 0 aromatic heterocycles. The van der Waals surface area contributed by atoms with Crippen molar-refractivity contribution < 1.29 is 9.90 Å². The Morgan fingerprint density at radius 3 is 2.23 bits per heavy atom. The molecule has 1 saturated carbocycles. The molecule has 0 radical (unpaired) electrons. The highest BCUT2D eigenvalue weighted by Crippen LogP contribution is 2.30. The fraction of sp³-hybridized carbons (Fsp3) is 0.900. The molecule has 1 rings (SSSR count). The summed E-state index contributed by atoms with van der Waals surface area (Å²) in [4.78, 5) is 10.9. The second-order valence-corrected chi connectivity index (χ2v) is 4.73. The maximum absolute atomic E-state index is 10.9. The van der Waals surface area contributed by atoms with Crippen molar-refractivity contribution in [3.8, 4) is 0 Å². The van der Waals surface area contributed by atoms with E-state index < -0.39 is 5.97 Å². The number of carboxylic acid groups (broad SMARTS) is 1. The van der Waals surface area contributed by atoms with Crippen LogP contribution in [0.15, 0.2) is 0 Å². The van der Waals surface area contributed by atoms with Crippen molar-refractivity contribution in [3.63, 3.8) is 0 Å². The molecule has 1 unspecified atom stereocenters. The van der Waals surface area contributed by atoms with Gasteiger partial charge in [-0.25, -0.2) is 0 Å². The van der Waals surface area contributed by atoms with E-state index in [2.05, 4.69) is 0 Å². The fourth-order valence-corrected chi connectivity index (χ4v) is 2.97. The number of rotatable bonds is 3. The van der Waals surface area contributed by atoms with Crippen molar-refractivity contribution in [2.24, 2.45) is 5.92 Å². The van der Waals surface area contributed by atoms with Crippen LogP contribution in [0.2, 0.25) is 0 Å². The molecule has 76 valence electrons. The number of carboxylic acids is 1. The van der Waals surface area contributed by atoms with Crippen molar-refractivity contribution in [2.75, 3.05) is 6.26 Å². The van der Waals surface area contributed by atoms with Crippen molar-refractivity contribution in [1.29, 1.82) is 0 Å². The summed E-state index contributed by atoms with van der Waals surface area (Å²) in [7, 11) is 0. The maximum atomic E-state index is 10.9. The lowest BCUT2D eigenvalue weighted by Crippen LogP contribution is -2.25. The molecule has 0 saturated heterocycles. The molecule has 2 nitrogen and oxygen atoms in total. The maximum Gasteiger partial charge on any atom is 0.316 e. The molecule has 13 heavy (non-hydrogen) atoms. The van der Waals surface area contributed by atoms with Crippen LogP contribution < -0.4 is 0 Å². The molecule has 0 spiro atoms. The number of hydrogen-bond donors (Lipinski definition) is 1. The van der Waals surface area contributed by atoms with Gasteiger partial charge in [0.2, 0.25) is 0 Å². The number of aliphatic carboxylic acids is 1. The van der Waals surface area contributed by atoms with Gasteiger partial charge in [0.05, 0.1) is 0 Å². The second kappa shape index (κ2) is 5.53. The third kappa shape index (κ3) is 3.22. The van der Waals surface area contributed by atoms with Gasteiger partial charge in [0.15, 0.2) is 0 Å². The molecule has 1 atom stereocenters. The summed E-state index contributed by atoms with van der Waals surface area (Å²) in [5.74, 6) is -0.214. The Labute approximate surface area is 84.1 Å². The summed E-state index contributed by atoms with van der Waals surface area (Å²) in [5, 5.41) is 8.83. The normalized spacial score (nSPS) is 22.2. The lowest BCUT2D eigenvalue weighted by molar-refractivity contribution is -0.137. The van der Waals surface area contributed by atoms with Crippen molar-refractivity contribution in [1.82, 2.24) is 0 Å². The highest BCUT2D eigenvalue weighted by Gasteiger charge is 2.27. The molecule has 0 aliphatic heterocycles. The van der Waals surface area contributed by atoms with Gasteiger partial charge in [-0.1, -0.05) is 25.7 Å². The van der Waals surface area contributed by atoms with Crippen molar-refractivity contribution >= 4 is 17.7 Å². The minimum absolute atomic E-state index is 0.168. The van der Waals surface area contributed by atoms with Crippen LogP contribution >= 0.6 is 11.8 Å². The smallest absolute Gasteiger partial charge is 0.316 e. The van der Waals surface area contributed by atoms with E-state index in [9.17, 15) is 4.79 Å². The van der Waals surface area contributed by atoms with Crippen molar-refractivity contribution in [3.05, 3.63) is 0 Å². The lowest BCUT2D eigenvalue weighted by Gasteiger charge is -2.20. The predicted molar refractivity (Wildman–Crippen MR) is 56.1 cm³/mol. The number of hydrogen-bond acceptors (Lipinski definition) is 2. The van der Waals surface area contributed by atoms with Gasteiger partial charge in [-0.3, -0.25) is 4.79 Å². The van der Waals surface area contributed by atoms with Gasteiger partial charge in [-0.05, 0) is 25.0 Å². The number of thioether (sulfide) groups is 1. The van der Waals surface area contributed by atoms with Crippen LogP contribution in [0.4, 0.5) is 0 Å². The summed E-state index contributed by atoms with van der Waals surface area (Å²) in [6, 6.07) is 0. The van der Waals surface area contributed by atoms with Crippen LogP contribution in [0.25, 0.3) is 0 Å². The van der Waals surface area contributed by atoms with Gasteiger partial charge in [-0.2, -0.15) is 0 Å². The zero-order valence-electron chi connectivity index (χ0n) is 8.16. The van der Waals surface area contributed by atoms with E-state index in [1.54, 1.807) is 0 Å². The van der Waals surface area contributed by atoms with Gasteiger partial charge in [-0.15, -0.1) is 11.8 Å². The molecule has 0 amide bonds. The van der Waals surface area contributed by atoms with Crippen LogP contribution in [0.3, 0.4) is 0 Å². The molecule has 0 bridgehead atoms. The first kappa shape index (κ1) is 10.9. The van der Waals surface area contributed by atoms with Crippen LogP contribution in [0.1, 0.15) is 38.5 Å². The minimum atomic E-state index is -0.626. The lowest BCUT2D eigenvalue weighted by atomic mass is 9.96. The monoisotopic (exact) mass is 202 g/mol. The largest absolute Gasteiger partial charge is 0.480 e. The Bertz CT molecular complexity index is 162. The van der Waals surface area contributed by atoms with Crippen LogP contribution in [0, 0.1) is 5.92 Å². The first-order chi connectivity index (χ1) is 6.25. The van der Waals surface area contributed by atoms with Gasteiger partial charge in [0.25, 0.3) is 0 Å². The zero-order valence-corrected chi connectivity index (χ0v) is 8.98. The second-order valence-electron chi connectivity index (χ2n) is 3.75. The molecule has 1 N–H and O–H groups in total. The minimum Gasteiger partial charge on any atom is -0.480 e. The molecular weight excluding hydrogens is 184 g/mol. The van der Waals surface area contributed by atoms with E-state index >= 15 is 0 Å². The molecule has 1 aliphatic carbocycles. The van der Waals surface area contributed by atoms with Crippen LogP contribution in [-0.2, 0) is 4.79 Å². The Hall–Kier alpha value is -0.180. The van der Waals surface area contributed by atoms with Gasteiger partial charge in [0.1, 0.15) is 5.25 Å². The van der Waals surface area contributed by atoms with E-state index in [1.165, 1.54) is 37.4 Å². The average molecular weight is 202 g/mol.